The number of aromatic nitrogens is 2. The van der Waals surface area contributed by atoms with Crippen LogP contribution in [0.2, 0.25) is 0 Å². The average molecular weight is 300 g/mol. The molecule has 112 valence electrons. The summed E-state index contributed by atoms with van der Waals surface area (Å²) in [6, 6.07) is -0.693. The van der Waals surface area contributed by atoms with Gasteiger partial charge in [-0.15, -0.1) is 0 Å². The smallest absolute Gasteiger partial charge is 0.319 e. The van der Waals surface area contributed by atoms with Crippen LogP contribution in [0.15, 0.2) is 12.4 Å². The Balaban J connectivity index is 1.84. The predicted molar refractivity (Wildman–Crippen MR) is 76.3 cm³/mol. The van der Waals surface area contributed by atoms with E-state index in [0.717, 1.165) is 6.54 Å². The molecule has 2 rings (SSSR count). The van der Waals surface area contributed by atoms with Gasteiger partial charge in [0, 0.05) is 18.8 Å². The molecule has 1 atom stereocenters. The van der Waals surface area contributed by atoms with Crippen LogP contribution in [0.5, 0.6) is 0 Å². The monoisotopic (exact) mass is 300 g/mol. The molecule has 0 radical (unpaired) electrons. The first-order chi connectivity index (χ1) is 9.34. The van der Waals surface area contributed by atoms with Gasteiger partial charge in [-0.3, -0.25) is 4.68 Å². The third-order valence-corrected chi connectivity index (χ3v) is 4.78. The molecule has 1 aliphatic heterocycles. The van der Waals surface area contributed by atoms with Gasteiger partial charge in [-0.1, -0.05) is 13.8 Å². The SMILES string of the molecule is CC(C)Cn1cc(NC(=O)NC2CCS(=O)(=O)C2)cn1. The van der Waals surface area contributed by atoms with Gasteiger partial charge in [0.25, 0.3) is 0 Å². The van der Waals surface area contributed by atoms with Gasteiger partial charge in [0.1, 0.15) is 0 Å². The van der Waals surface area contributed by atoms with E-state index in [1.54, 1.807) is 17.1 Å². The maximum atomic E-state index is 11.8. The largest absolute Gasteiger partial charge is 0.334 e. The molecule has 20 heavy (non-hydrogen) atoms. The molecular weight excluding hydrogens is 280 g/mol. The van der Waals surface area contributed by atoms with Crippen molar-refractivity contribution in [2.24, 2.45) is 5.92 Å². The third kappa shape index (κ3) is 4.22. The molecule has 1 saturated heterocycles. The second-order valence-electron chi connectivity index (χ2n) is 5.54. The minimum absolute atomic E-state index is 0.0209. The first-order valence-corrected chi connectivity index (χ1v) is 8.46. The van der Waals surface area contributed by atoms with Gasteiger partial charge in [-0.2, -0.15) is 5.10 Å². The van der Waals surface area contributed by atoms with E-state index in [2.05, 4.69) is 29.6 Å². The molecule has 0 saturated carbocycles. The summed E-state index contributed by atoms with van der Waals surface area (Å²) in [5, 5.41) is 9.47. The number of carbonyl (C=O) groups excluding carboxylic acids is 1. The molecular formula is C12H20N4O3S. The van der Waals surface area contributed by atoms with Gasteiger partial charge in [0.05, 0.1) is 23.4 Å². The van der Waals surface area contributed by atoms with E-state index in [9.17, 15) is 13.2 Å². The van der Waals surface area contributed by atoms with E-state index in [-0.39, 0.29) is 17.5 Å². The highest BCUT2D eigenvalue weighted by atomic mass is 32.2. The second kappa shape index (κ2) is 5.82. The quantitative estimate of drug-likeness (QED) is 0.862. The Bertz CT molecular complexity index is 579. The zero-order valence-electron chi connectivity index (χ0n) is 11.7. The number of amides is 2. The average Bonchev–Trinajstić information content (AvgIpc) is 2.85. The lowest BCUT2D eigenvalue weighted by atomic mass is 10.2. The summed E-state index contributed by atoms with van der Waals surface area (Å²) in [6.45, 7) is 4.95. The molecule has 2 N–H and O–H groups in total. The fourth-order valence-corrected chi connectivity index (χ4v) is 3.84. The highest BCUT2D eigenvalue weighted by Crippen LogP contribution is 2.12. The van der Waals surface area contributed by atoms with E-state index in [0.29, 0.717) is 18.0 Å². The lowest BCUT2D eigenvalue weighted by molar-refractivity contribution is 0.249. The molecule has 0 aromatic carbocycles. The number of hydrogen-bond acceptors (Lipinski definition) is 4. The third-order valence-electron chi connectivity index (χ3n) is 3.01. The van der Waals surface area contributed by atoms with Gasteiger partial charge in [0.2, 0.25) is 0 Å². The Hall–Kier alpha value is -1.57. The minimum Gasteiger partial charge on any atom is -0.334 e. The van der Waals surface area contributed by atoms with Crippen molar-refractivity contribution in [3.63, 3.8) is 0 Å². The highest BCUT2D eigenvalue weighted by Gasteiger charge is 2.28. The molecule has 0 bridgehead atoms. The Morgan fingerprint density at radius 1 is 1.55 bits per heavy atom. The minimum atomic E-state index is -2.98. The van der Waals surface area contributed by atoms with Crippen LogP contribution in [0.3, 0.4) is 0 Å². The molecule has 8 heteroatoms. The van der Waals surface area contributed by atoms with Crippen molar-refractivity contribution in [2.75, 3.05) is 16.8 Å². The maximum Gasteiger partial charge on any atom is 0.319 e. The molecule has 2 amide bonds. The molecule has 2 heterocycles. The van der Waals surface area contributed by atoms with Crippen LogP contribution < -0.4 is 10.6 Å². The van der Waals surface area contributed by atoms with Crippen LogP contribution in [-0.2, 0) is 16.4 Å². The van der Waals surface area contributed by atoms with Crippen molar-refractivity contribution < 1.29 is 13.2 Å². The number of anilines is 1. The zero-order chi connectivity index (χ0) is 14.8. The standard InChI is InChI=1S/C12H20N4O3S/c1-9(2)6-16-7-11(5-13-16)15-12(17)14-10-3-4-20(18,19)8-10/h5,7,9-10H,3-4,6,8H2,1-2H3,(H2,14,15,17). The fourth-order valence-electron chi connectivity index (χ4n) is 2.16. The lowest BCUT2D eigenvalue weighted by Gasteiger charge is -2.10. The number of urea groups is 1. The van der Waals surface area contributed by atoms with Crippen LogP contribution in [0, 0.1) is 5.92 Å². The molecule has 1 aromatic rings. The number of hydrogen-bond donors (Lipinski definition) is 2. The van der Waals surface area contributed by atoms with Gasteiger partial charge < -0.3 is 10.6 Å². The number of sulfone groups is 1. The van der Waals surface area contributed by atoms with Gasteiger partial charge >= 0.3 is 6.03 Å². The Morgan fingerprint density at radius 3 is 2.90 bits per heavy atom. The second-order valence-corrected chi connectivity index (χ2v) is 7.77. The summed E-state index contributed by atoms with van der Waals surface area (Å²) in [6.07, 6.45) is 3.81. The van der Waals surface area contributed by atoms with Crippen LogP contribution in [0.25, 0.3) is 0 Å². The molecule has 7 nitrogen and oxygen atoms in total. The van der Waals surface area contributed by atoms with Crippen molar-refractivity contribution in [2.45, 2.75) is 32.9 Å². The summed E-state index contributed by atoms with van der Waals surface area (Å²) in [4.78, 5) is 11.8. The van der Waals surface area contributed by atoms with Crippen LogP contribution in [-0.4, -0.2) is 41.8 Å². The summed E-state index contributed by atoms with van der Waals surface area (Å²) >= 11 is 0. The molecule has 1 fully saturated rings. The lowest BCUT2D eigenvalue weighted by Crippen LogP contribution is -2.38. The Labute approximate surface area is 118 Å². The molecule has 1 aliphatic rings. The van der Waals surface area contributed by atoms with Gasteiger partial charge in [-0.05, 0) is 12.3 Å². The molecule has 0 aliphatic carbocycles. The normalized spacial score (nSPS) is 21.1. The van der Waals surface area contributed by atoms with Crippen LogP contribution in [0.1, 0.15) is 20.3 Å². The highest BCUT2D eigenvalue weighted by molar-refractivity contribution is 7.91. The van der Waals surface area contributed by atoms with E-state index >= 15 is 0 Å². The predicted octanol–water partition coefficient (Wildman–Crippen LogP) is 0.848. The topological polar surface area (TPSA) is 93.1 Å². The maximum absolute atomic E-state index is 11.8. The number of nitrogens with one attached hydrogen (secondary N) is 2. The van der Waals surface area contributed by atoms with Crippen LogP contribution >= 0.6 is 0 Å². The van der Waals surface area contributed by atoms with Crippen molar-refractivity contribution in [3.8, 4) is 0 Å². The zero-order valence-corrected chi connectivity index (χ0v) is 12.5. The first-order valence-electron chi connectivity index (χ1n) is 6.64. The van der Waals surface area contributed by atoms with E-state index in [1.807, 2.05) is 0 Å². The number of nitrogens with zero attached hydrogens (tertiary/aromatic N) is 2. The van der Waals surface area contributed by atoms with Gasteiger partial charge in [0.15, 0.2) is 9.84 Å². The van der Waals surface area contributed by atoms with E-state index in [4.69, 9.17) is 0 Å². The van der Waals surface area contributed by atoms with Gasteiger partial charge in [-0.25, -0.2) is 13.2 Å². The summed E-state index contributed by atoms with van der Waals surface area (Å²) in [7, 11) is -2.98. The van der Waals surface area contributed by atoms with Crippen LogP contribution in [0.4, 0.5) is 10.5 Å². The van der Waals surface area contributed by atoms with E-state index < -0.39 is 15.9 Å². The summed E-state index contributed by atoms with van der Waals surface area (Å²) < 4.78 is 24.4. The van der Waals surface area contributed by atoms with Crippen molar-refractivity contribution in [1.82, 2.24) is 15.1 Å². The molecule has 1 aromatic heterocycles. The Kier molecular flexibility index (Phi) is 4.32. The van der Waals surface area contributed by atoms with Crippen molar-refractivity contribution in [1.29, 1.82) is 0 Å². The summed E-state index contributed by atoms with van der Waals surface area (Å²) in [5.74, 6) is 0.636. The molecule has 0 spiro atoms. The fraction of sp³-hybridized carbons (Fsp3) is 0.667. The Morgan fingerprint density at radius 2 is 2.30 bits per heavy atom. The summed E-state index contributed by atoms with van der Waals surface area (Å²) in [5.41, 5.74) is 0.601. The molecule has 1 unspecified atom stereocenters. The number of carbonyl (C=O) groups is 1. The van der Waals surface area contributed by atoms with Crippen molar-refractivity contribution in [3.05, 3.63) is 12.4 Å². The number of rotatable bonds is 4. The van der Waals surface area contributed by atoms with Crippen molar-refractivity contribution >= 4 is 21.6 Å². The first kappa shape index (κ1) is 14.8. The van der Waals surface area contributed by atoms with E-state index in [1.165, 1.54) is 0 Å².